The number of fused-ring (bicyclic) bond motifs is 5. The lowest BCUT2D eigenvalue weighted by Crippen LogP contribution is -1.92. The molecule has 2 heteroatoms. The predicted molar refractivity (Wildman–Crippen MR) is 61.1 cm³/mol. The minimum absolute atomic E-state index is 0.685. The van der Waals surface area contributed by atoms with Crippen LogP contribution in [0.25, 0.3) is 0 Å². The Morgan fingerprint density at radius 3 is 1.85 bits per heavy atom. The molecular formula is C11H8Br2. The molecule has 66 valence electrons. The second kappa shape index (κ2) is 2.71. The summed E-state index contributed by atoms with van der Waals surface area (Å²) in [4.78, 5) is 0. The zero-order chi connectivity index (χ0) is 9.00. The third-order valence-corrected chi connectivity index (χ3v) is 4.85. The maximum Gasteiger partial charge on any atom is 0.0320 e. The van der Waals surface area contributed by atoms with Crippen molar-refractivity contribution in [2.45, 2.75) is 18.3 Å². The Bertz CT molecular complexity index is 370. The lowest BCUT2D eigenvalue weighted by molar-refractivity contribution is 0.804. The van der Waals surface area contributed by atoms with Crippen molar-refractivity contribution < 1.29 is 0 Å². The first kappa shape index (κ1) is 8.25. The molecule has 0 radical (unpaired) electrons. The standard InChI is InChI=1S/C11H8Br2/c12-10-4-8-6-1-2-7(3-6)9(8)5-11(10)13/h1-2,4-7H,3H2/t6-,7-/m0/s1. The van der Waals surface area contributed by atoms with Gasteiger partial charge in [-0.3, -0.25) is 0 Å². The topological polar surface area (TPSA) is 0 Å². The summed E-state index contributed by atoms with van der Waals surface area (Å²) >= 11 is 7.10. The molecule has 2 bridgehead atoms. The van der Waals surface area contributed by atoms with Gasteiger partial charge < -0.3 is 0 Å². The van der Waals surface area contributed by atoms with Gasteiger partial charge in [0.25, 0.3) is 0 Å². The Balaban J connectivity index is 2.25. The summed E-state index contributed by atoms with van der Waals surface area (Å²) in [5.74, 6) is 1.37. The first-order valence-electron chi connectivity index (χ1n) is 4.43. The van der Waals surface area contributed by atoms with Crippen LogP contribution in [-0.4, -0.2) is 0 Å². The van der Waals surface area contributed by atoms with Gasteiger partial charge >= 0.3 is 0 Å². The summed E-state index contributed by atoms with van der Waals surface area (Å²) in [6, 6.07) is 4.52. The van der Waals surface area contributed by atoms with Crippen LogP contribution < -0.4 is 0 Å². The average molecular weight is 300 g/mol. The van der Waals surface area contributed by atoms with Crippen molar-refractivity contribution in [1.29, 1.82) is 0 Å². The molecule has 0 unspecified atom stereocenters. The molecule has 1 aromatic rings. The molecule has 0 fully saturated rings. The van der Waals surface area contributed by atoms with E-state index in [1.807, 2.05) is 0 Å². The second-order valence-electron chi connectivity index (χ2n) is 3.73. The highest BCUT2D eigenvalue weighted by atomic mass is 79.9. The third-order valence-electron chi connectivity index (χ3n) is 3.01. The number of hydrogen-bond acceptors (Lipinski definition) is 0. The zero-order valence-corrected chi connectivity index (χ0v) is 10.1. The van der Waals surface area contributed by atoms with Crippen LogP contribution in [0.2, 0.25) is 0 Å². The smallest absolute Gasteiger partial charge is 0.0320 e. The van der Waals surface area contributed by atoms with Crippen molar-refractivity contribution in [1.82, 2.24) is 0 Å². The fourth-order valence-corrected chi connectivity index (χ4v) is 3.10. The molecule has 3 rings (SSSR count). The molecule has 0 aliphatic heterocycles. The van der Waals surface area contributed by atoms with Crippen LogP contribution in [0.4, 0.5) is 0 Å². The maximum atomic E-state index is 3.55. The lowest BCUT2D eigenvalue weighted by atomic mass is 9.97. The van der Waals surface area contributed by atoms with Crippen LogP contribution in [0, 0.1) is 0 Å². The molecule has 0 spiro atoms. The van der Waals surface area contributed by atoms with Gasteiger partial charge in [-0.1, -0.05) is 12.2 Å². The minimum Gasteiger partial charge on any atom is -0.0804 e. The van der Waals surface area contributed by atoms with Gasteiger partial charge in [-0.2, -0.15) is 0 Å². The van der Waals surface area contributed by atoms with E-state index in [1.54, 1.807) is 0 Å². The molecular weight excluding hydrogens is 292 g/mol. The monoisotopic (exact) mass is 298 g/mol. The Labute approximate surface area is 94.3 Å². The highest BCUT2D eigenvalue weighted by Gasteiger charge is 2.32. The fraction of sp³-hybridized carbons (Fsp3) is 0.273. The van der Waals surface area contributed by atoms with Gasteiger partial charge in [-0.25, -0.2) is 0 Å². The van der Waals surface area contributed by atoms with E-state index in [2.05, 4.69) is 56.1 Å². The largest absolute Gasteiger partial charge is 0.0804 e. The number of benzene rings is 1. The summed E-state index contributed by atoms with van der Waals surface area (Å²) in [5, 5.41) is 0. The number of rotatable bonds is 0. The summed E-state index contributed by atoms with van der Waals surface area (Å²) in [6.45, 7) is 0. The van der Waals surface area contributed by atoms with Gasteiger partial charge in [0.1, 0.15) is 0 Å². The molecule has 0 saturated heterocycles. The molecule has 0 amide bonds. The van der Waals surface area contributed by atoms with Crippen molar-refractivity contribution in [2.75, 3.05) is 0 Å². The molecule has 0 aromatic heterocycles. The van der Waals surface area contributed by atoms with Crippen LogP contribution >= 0.6 is 31.9 Å². The van der Waals surface area contributed by atoms with Crippen LogP contribution in [0.15, 0.2) is 33.2 Å². The van der Waals surface area contributed by atoms with Crippen molar-refractivity contribution in [3.8, 4) is 0 Å². The molecule has 2 aliphatic carbocycles. The van der Waals surface area contributed by atoms with E-state index >= 15 is 0 Å². The van der Waals surface area contributed by atoms with E-state index in [1.165, 1.54) is 26.5 Å². The van der Waals surface area contributed by atoms with Crippen LogP contribution in [0.1, 0.15) is 29.4 Å². The van der Waals surface area contributed by atoms with Crippen LogP contribution in [0.3, 0.4) is 0 Å². The average Bonchev–Trinajstić information content (AvgIpc) is 2.67. The van der Waals surface area contributed by atoms with Crippen molar-refractivity contribution >= 4 is 31.9 Å². The normalized spacial score (nSPS) is 28.2. The quantitative estimate of drug-likeness (QED) is 0.625. The van der Waals surface area contributed by atoms with Gasteiger partial charge in [0.05, 0.1) is 0 Å². The first-order chi connectivity index (χ1) is 6.25. The van der Waals surface area contributed by atoms with E-state index in [0.29, 0.717) is 11.8 Å². The fourth-order valence-electron chi connectivity index (χ4n) is 2.38. The van der Waals surface area contributed by atoms with Crippen LogP contribution in [-0.2, 0) is 0 Å². The highest BCUT2D eigenvalue weighted by Crippen LogP contribution is 2.50. The van der Waals surface area contributed by atoms with Gasteiger partial charge in [-0.15, -0.1) is 0 Å². The summed E-state index contributed by atoms with van der Waals surface area (Å²) in [5.41, 5.74) is 3.03. The van der Waals surface area contributed by atoms with Gasteiger partial charge in [0, 0.05) is 20.8 Å². The van der Waals surface area contributed by atoms with Crippen molar-refractivity contribution in [2.24, 2.45) is 0 Å². The Morgan fingerprint density at radius 1 is 0.923 bits per heavy atom. The van der Waals surface area contributed by atoms with E-state index in [9.17, 15) is 0 Å². The molecule has 1 aromatic carbocycles. The highest BCUT2D eigenvalue weighted by molar-refractivity contribution is 9.13. The molecule has 0 saturated carbocycles. The van der Waals surface area contributed by atoms with E-state index < -0.39 is 0 Å². The Kier molecular flexibility index (Phi) is 1.72. The summed E-state index contributed by atoms with van der Waals surface area (Å²) in [6.07, 6.45) is 5.97. The van der Waals surface area contributed by atoms with Gasteiger partial charge in [-0.05, 0) is 61.5 Å². The first-order valence-corrected chi connectivity index (χ1v) is 6.01. The van der Waals surface area contributed by atoms with Crippen LogP contribution in [0.5, 0.6) is 0 Å². The maximum absolute atomic E-state index is 3.55. The zero-order valence-electron chi connectivity index (χ0n) is 6.93. The SMILES string of the molecule is Brc1cc2c(cc1Br)[C@H]1C=C[C@H]2C1. The third kappa shape index (κ3) is 1.08. The van der Waals surface area contributed by atoms with E-state index in [4.69, 9.17) is 0 Å². The molecule has 0 heterocycles. The van der Waals surface area contributed by atoms with Gasteiger partial charge in [0.2, 0.25) is 0 Å². The number of hydrogen-bond donors (Lipinski definition) is 0. The van der Waals surface area contributed by atoms with Crippen molar-refractivity contribution in [3.63, 3.8) is 0 Å². The number of allylic oxidation sites excluding steroid dienone is 2. The second-order valence-corrected chi connectivity index (χ2v) is 5.44. The van der Waals surface area contributed by atoms with E-state index in [-0.39, 0.29) is 0 Å². The summed E-state index contributed by atoms with van der Waals surface area (Å²) in [7, 11) is 0. The van der Waals surface area contributed by atoms with Gasteiger partial charge in [0.15, 0.2) is 0 Å². The molecule has 2 aliphatic rings. The van der Waals surface area contributed by atoms with Crippen molar-refractivity contribution in [3.05, 3.63) is 44.4 Å². The lowest BCUT2D eigenvalue weighted by Gasteiger charge is -2.11. The minimum atomic E-state index is 0.685. The predicted octanol–water partition coefficient (Wildman–Crippen LogP) is 4.35. The van der Waals surface area contributed by atoms with E-state index in [0.717, 1.165) is 0 Å². The summed E-state index contributed by atoms with van der Waals surface area (Å²) < 4.78 is 2.35. The Hall–Kier alpha value is -0.0800. The molecule has 2 atom stereocenters. The number of halogens is 2. The molecule has 13 heavy (non-hydrogen) atoms. The Morgan fingerprint density at radius 2 is 1.38 bits per heavy atom. The molecule has 0 nitrogen and oxygen atoms in total. The molecule has 0 N–H and O–H groups in total.